The topological polar surface area (TPSA) is 63.0 Å². The lowest BCUT2D eigenvalue weighted by Gasteiger charge is -2.13. The van der Waals surface area contributed by atoms with Crippen LogP contribution in [0.5, 0.6) is 0 Å². The van der Waals surface area contributed by atoms with Crippen molar-refractivity contribution in [3.8, 4) is 17.4 Å². The molecular weight excluding hydrogens is 428 g/mol. The number of hydrogen-bond acceptors (Lipinski definition) is 5. The molecule has 31 heavy (non-hydrogen) atoms. The summed E-state index contributed by atoms with van der Waals surface area (Å²) >= 11 is 7.56. The first kappa shape index (κ1) is 19.7. The van der Waals surface area contributed by atoms with E-state index in [4.69, 9.17) is 25.4 Å². The van der Waals surface area contributed by atoms with Crippen LogP contribution < -0.4 is 0 Å². The second-order valence-corrected chi connectivity index (χ2v) is 8.58. The van der Waals surface area contributed by atoms with E-state index in [2.05, 4.69) is 6.07 Å². The fraction of sp³-hybridized carbons (Fsp3) is 0.120. The quantitative estimate of drug-likeness (QED) is 0.303. The average Bonchev–Trinajstić information content (AvgIpc) is 3.56. The molecule has 4 aromatic rings. The predicted octanol–water partition coefficient (Wildman–Crippen LogP) is 7.24. The monoisotopic (exact) mass is 444 g/mol. The molecule has 5 rings (SSSR count). The van der Waals surface area contributed by atoms with Gasteiger partial charge in [0.2, 0.25) is 0 Å². The minimum Gasteiger partial charge on any atom is -0.465 e. The molecule has 1 aromatic carbocycles. The van der Waals surface area contributed by atoms with Crippen molar-refractivity contribution < 1.29 is 8.83 Å². The second-order valence-electron chi connectivity index (χ2n) is 7.18. The highest BCUT2D eigenvalue weighted by Crippen LogP contribution is 2.43. The number of aromatic nitrogens is 1. The summed E-state index contributed by atoms with van der Waals surface area (Å²) in [5.74, 6) is 2.18. The minimum atomic E-state index is 0.562. The molecule has 3 aromatic heterocycles. The van der Waals surface area contributed by atoms with Crippen molar-refractivity contribution >= 4 is 35.0 Å². The molecule has 1 aliphatic rings. The zero-order chi connectivity index (χ0) is 21.2. The first-order chi connectivity index (χ1) is 15.2. The highest BCUT2D eigenvalue weighted by atomic mass is 35.5. The fourth-order valence-corrected chi connectivity index (χ4v) is 4.88. The molecule has 0 amide bonds. The van der Waals surface area contributed by atoms with Crippen LogP contribution in [0.1, 0.15) is 34.6 Å². The molecule has 0 spiro atoms. The van der Waals surface area contributed by atoms with Gasteiger partial charge in [0, 0.05) is 16.3 Å². The van der Waals surface area contributed by atoms with Gasteiger partial charge in [0.15, 0.2) is 0 Å². The molecule has 0 saturated carbocycles. The summed E-state index contributed by atoms with van der Waals surface area (Å²) in [5.41, 5.74) is 5.61. The molecule has 6 heteroatoms. The van der Waals surface area contributed by atoms with E-state index in [1.54, 1.807) is 24.3 Å². The molecule has 152 valence electrons. The summed E-state index contributed by atoms with van der Waals surface area (Å²) in [4.78, 5) is 4.95. The van der Waals surface area contributed by atoms with Gasteiger partial charge >= 0.3 is 0 Å². The Morgan fingerprint density at radius 2 is 1.87 bits per heavy atom. The van der Waals surface area contributed by atoms with E-state index in [0.29, 0.717) is 27.1 Å². The zero-order valence-electron chi connectivity index (χ0n) is 16.5. The standard InChI is InChI=1S/C25H17ClN2O2S/c26-18-8-5-16(6-9-18)15-31-25-21(14-27)23(22-4-2-12-30-22)20-10-7-17(24(20)28-25)13-19-3-1-11-29-19/h1-6,8-9,11-13H,7,10,15H2. The van der Waals surface area contributed by atoms with Gasteiger partial charge in [-0.2, -0.15) is 5.26 Å². The number of allylic oxidation sites excluding steroid dienone is 1. The summed E-state index contributed by atoms with van der Waals surface area (Å²) in [7, 11) is 0. The van der Waals surface area contributed by atoms with Crippen LogP contribution in [0.4, 0.5) is 0 Å². The molecular formula is C25H17ClN2O2S. The van der Waals surface area contributed by atoms with Crippen LogP contribution in [0.3, 0.4) is 0 Å². The SMILES string of the molecule is N#Cc1c(SCc2ccc(Cl)cc2)nc2c(c1-c1ccco1)CCC2=Cc1ccco1. The number of halogens is 1. The van der Waals surface area contributed by atoms with Crippen LogP contribution in [-0.4, -0.2) is 4.98 Å². The minimum absolute atomic E-state index is 0.562. The molecule has 0 atom stereocenters. The van der Waals surface area contributed by atoms with Crippen molar-refractivity contribution in [1.29, 1.82) is 5.26 Å². The predicted molar refractivity (Wildman–Crippen MR) is 123 cm³/mol. The highest BCUT2D eigenvalue weighted by Gasteiger charge is 2.28. The number of thioether (sulfide) groups is 1. The summed E-state index contributed by atoms with van der Waals surface area (Å²) < 4.78 is 11.2. The average molecular weight is 445 g/mol. The second kappa shape index (κ2) is 8.50. The zero-order valence-corrected chi connectivity index (χ0v) is 18.0. The largest absolute Gasteiger partial charge is 0.465 e. The number of rotatable bonds is 5. The van der Waals surface area contributed by atoms with Crippen molar-refractivity contribution in [1.82, 2.24) is 4.98 Å². The maximum Gasteiger partial charge on any atom is 0.135 e. The van der Waals surface area contributed by atoms with Gasteiger partial charge in [0.25, 0.3) is 0 Å². The number of pyridine rings is 1. The number of hydrogen-bond donors (Lipinski definition) is 0. The molecule has 0 unspecified atom stereocenters. The van der Waals surface area contributed by atoms with Gasteiger partial charge in [-0.25, -0.2) is 4.98 Å². The molecule has 0 bridgehead atoms. The number of fused-ring (bicyclic) bond motifs is 1. The highest BCUT2D eigenvalue weighted by molar-refractivity contribution is 7.98. The van der Waals surface area contributed by atoms with Gasteiger partial charge in [0.05, 0.1) is 23.8 Å². The van der Waals surface area contributed by atoms with Crippen molar-refractivity contribution in [2.75, 3.05) is 0 Å². The van der Waals surface area contributed by atoms with E-state index in [1.807, 2.05) is 54.6 Å². The van der Waals surface area contributed by atoms with E-state index >= 15 is 0 Å². The van der Waals surface area contributed by atoms with Crippen molar-refractivity contribution in [2.45, 2.75) is 23.6 Å². The van der Waals surface area contributed by atoms with E-state index in [1.165, 1.54) is 0 Å². The Bertz CT molecular complexity index is 1290. The molecule has 0 fully saturated rings. The van der Waals surface area contributed by atoms with Crippen LogP contribution >= 0.6 is 23.4 Å². The lowest BCUT2D eigenvalue weighted by molar-refractivity contribution is 0.557. The lowest BCUT2D eigenvalue weighted by Crippen LogP contribution is -2.00. The van der Waals surface area contributed by atoms with Crippen molar-refractivity contribution in [3.05, 3.63) is 94.2 Å². The molecule has 1 aliphatic carbocycles. The third-order valence-electron chi connectivity index (χ3n) is 5.24. The number of furan rings is 2. The van der Waals surface area contributed by atoms with Crippen LogP contribution in [0.25, 0.3) is 23.0 Å². The van der Waals surface area contributed by atoms with Crippen molar-refractivity contribution in [3.63, 3.8) is 0 Å². The number of nitrogens with zero attached hydrogens (tertiary/aromatic N) is 2. The van der Waals surface area contributed by atoms with Gasteiger partial charge < -0.3 is 8.83 Å². The van der Waals surface area contributed by atoms with Crippen LogP contribution in [0.15, 0.2) is 74.9 Å². The van der Waals surface area contributed by atoms with Crippen LogP contribution in [0, 0.1) is 11.3 Å². The van der Waals surface area contributed by atoms with Crippen LogP contribution in [0.2, 0.25) is 5.02 Å². The number of nitriles is 1. The normalized spacial score (nSPS) is 14.0. The molecule has 4 nitrogen and oxygen atoms in total. The van der Waals surface area contributed by atoms with Crippen LogP contribution in [-0.2, 0) is 12.2 Å². The molecule has 3 heterocycles. The molecule has 0 N–H and O–H groups in total. The third kappa shape index (κ3) is 3.93. The Morgan fingerprint density at radius 3 is 2.58 bits per heavy atom. The Balaban J connectivity index is 1.61. The first-order valence-corrected chi connectivity index (χ1v) is 11.2. The lowest BCUT2D eigenvalue weighted by atomic mass is 10.00. The number of benzene rings is 1. The van der Waals surface area contributed by atoms with Crippen molar-refractivity contribution in [2.24, 2.45) is 0 Å². The van der Waals surface area contributed by atoms with Gasteiger partial charge in [0.1, 0.15) is 22.6 Å². The molecule has 0 saturated heterocycles. The fourth-order valence-electron chi connectivity index (χ4n) is 3.81. The Hall–Kier alpha value is -3.20. The Morgan fingerprint density at radius 1 is 1.06 bits per heavy atom. The molecule has 0 aliphatic heterocycles. The maximum atomic E-state index is 10.0. The third-order valence-corrected chi connectivity index (χ3v) is 6.54. The molecule has 0 radical (unpaired) electrons. The Kier molecular flexibility index (Phi) is 5.42. The van der Waals surface area contributed by atoms with E-state index in [-0.39, 0.29) is 0 Å². The van der Waals surface area contributed by atoms with E-state index in [0.717, 1.165) is 46.6 Å². The summed E-state index contributed by atoms with van der Waals surface area (Å²) in [6, 6.07) is 17.7. The maximum absolute atomic E-state index is 10.0. The van der Waals surface area contributed by atoms with Gasteiger partial charge in [-0.15, -0.1) is 11.8 Å². The smallest absolute Gasteiger partial charge is 0.135 e. The Labute approximate surface area is 189 Å². The summed E-state index contributed by atoms with van der Waals surface area (Å²) in [5, 5.41) is 11.5. The summed E-state index contributed by atoms with van der Waals surface area (Å²) in [6.45, 7) is 0. The summed E-state index contributed by atoms with van der Waals surface area (Å²) in [6.07, 6.45) is 6.98. The van der Waals surface area contributed by atoms with Gasteiger partial charge in [-0.05, 0) is 72.0 Å². The van der Waals surface area contributed by atoms with E-state index < -0.39 is 0 Å². The van der Waals surface area contributed by atoms with Gasteiger partial charge in [-0.1, -0.05) is 23.7 Å². The van der Waals surface area contributed by atoms with Gasteiger partial charge in [-0.3, -0.25) is 0 Å². The van der Waals surface area contributed by atoms with E-state index in [9.17, 15) is 5.26 Å². The first-order valence-electron chi connectivity index (χ1n) is 9.85.